The van der Waals surface area contributed by atoms with Gasteiger partial charge in [-0.15, -0.1) is 11.3 Å². The van der Waals surface area contributed by atoms with Gasteiger partial charge in [-0.3, -0.25) is 14.9 Å². The maximum absolute atomic E-state index is 12.8. The third kappa shape index (κ3) is 6.69. The van der Waals surface area contributed by atoms with Crippen LogP contribution in [0.5, 0.6) is 0 Å². The van der Waals surface area contributed by atoms with E-state index in [9.17, 15) is 9.59 Å². The molecule has 0 spiro atoms. The number of amides is 1. The van der Waals surface area contributed by atoms with Crippen molar-refractivity contribution in [3.63, 3.8) is 0 Å². The van der Waals surface area contributed by atoms with E-state index >= 15 is 0 Å². The van der Waals surface area contributed by atoms with Gasteiger partial charge in [0.1, 0.15) is 27.7 Å². The van der Waals surface area contributed by atoms with Crippen LogP contribution in [0, 0.1) is 0 Å². The molecule has 186 valence electrons. The summed E-state index contributed by atoms with van der Waals surface area (Å²) >= 11 is 13.6. The number of halogens is 2. The molecule has 1 atom stereocenters. The topological polar surface area (TPSA) is 143 Å². The molecule has 10 nitrogen and oxygen atoms in total. The van der Waals surface area contributed by atoms with E-state index in [4.69, 9.17) is 28.3 Å². The molecule has 3 aromatic rings. The largest absolute Gasteiger partial charge is 0.395 e. The second kappa shape index (κ2) is 11.3. The van der Waals surface area contributed by atoms with Crippen molar-refractivity contribution in [3.8, 4) is 0 Å². The van der Waals surface area contributed by atoms with E-state index in [1.54, 1.807) is 0 Å². The highest BCUT2D eigenvalue weighted by molar-refractivity contribution is 7.13. The van der Waals surface area contributed by atoms with Crippen molar-refractivity contribution in [2.45, 2.75) is 45.4 Å². The zero-order valence-corrected chi connectivity index (χ0v) is 21.9. The highest BCUT2D eigenvalue weighted by Gasteiger charge is 2.24. The molecule has 0 aliphatic rings. The fourth-order valence-electron chi connectivity index (χ4n) is 3.06. The van der Waals surface area contributed by atoms with Crippen LogP contribution in [0.25, 0.3) is 0 Å². The van der Waals surface area contributed by atoms with Crippen LogP contribution in [0.1, 0.15) is 70.9 Å². The fraction of sp³-hybridized carbons (Fsp3) is 0.409. The molecule has 35 heavy (non-hydrogen) atoms. The van der Waals surface area contributed by atoms with E-state index in [1.165, 1.54) is 30.1 Å². The third-order valence-electron chi connectivity index (χ3n) is 4.80. The standard InChI is InChI=1S/C22H25Cl2N7O3S/c1-11(7-13(33)16-15(24)18(25-5-6-32)29-10-28-16)20-26-9-14(35-20)19(34)31-21-27-8-12(23)17(30-21)22(2,3)4/h8-11,32H,5-7H2,1-4H3,(H,25,28,29)(H,27,30,31,34). The van der Waals surface area contributed by atoms with E-state index in [0.29, 0.717) is 20.6 Å². The number of thiazole rings is 1. The number of carbonyl (C=O) groups excluding carboxylic acids is 2. The summed E-state index contributed by atoms with van der Waals surface area (Å²) in [5, 5.41) is 15.6. The number of hydrogen-bond donors (Lipinski definition) is 3. The van der Waals surface area contributed by atoms with Gasteiger partial charge in [-0.25, -0.2) is 24.9 Å². The molecule has 0 aromatic carbocycles. The SMILES string of the molecule is CC(CC(=O)c1ncnc(NCCO)c1Cl)c1ncc(C(=O)Nc2ncc(Cl)c(C(C)(C)C)n2)s1. The second-order valence-corrected chi connectivity index (χ2v) is 10.6. The number of hydrogen-bond acceptors (Lipinski definition) is 10. The first-order chi connectivity index (χ1) is 16.5. The summed E-state index contributed by atoms with van der Waals surface area (Å²) in [6.07, 6.45) is 4.23. The van der Waals surface area contributed by atoms with E-state index in [0.717, 1.165) is 0 Å². The number of ketones is 1. The minimum Gasteiger partial charge on any atom is -0.395 e. The Morgan fingerprint density at radius 2 is 1.89 bits per heavy atom. The van der Waals surface area contributed by atoms with E-state index < -0.39 is 5.91 Å². The number of anilines is 2. The zero-order chi connectivity index (χ0) is 25.8. The van der Waals surface area contributed by atoms with Gasteiger partial charge in [-0.2, -0.15) is 0 Å². The van der Waals surface area contributed by atoms with E-state index in [1.807, 2.05) is 27.7 Å². The molecule has 0 aliphatic carbocycles. The average molecular weight is 538 g/mol. The van der Waals surface area contributed by atoms with Gasteiger partial charge in [0.2, 0.25) is 5.95 Å². The lowest BCUT2D eigenvalue weighted by atomic mass is 9.92. The Morgan fingerprint density at radius 1 is 1.14 bits per heavy atom. The Labute approximate surface area is 216 Å². The van der Waals surface area contributed by atoms with Crippen LogP contribution in [0.4, 0.5) is 11.8 Å². The summed E-state index contributed by atoms with van der Waals surface area (Å²) in [6, 6.07) is 0. The summed E-state index contributed by atoms with van der Waals surface area (Å²) in [5.41, 5.74) is 0.388. The quantitative estimate of drug-likeness (QED) is 0.339. The number of nitrogens with zero attached hydrogens (tertiary/aromatic N) is 5. The van der Waals surface area contributed by atoms with Crippen molar-refractivity contribution in [1.29, 1.82) is 0 Å². The van der Waals surface area contributed by atoms with Crippen LogP contribution in [-0.4, -0.2) is 54.9 Å². The molecule has 0 bridgehead atoms. The second-order valence-electron chi connectivity index (χ2n) is 8.72. The maximum atomic E-state index is 12.8. The Balaban J connectivity index is 1.69. The van der Waals surface area contributed by atoms with E-state index in [-0.39, 0.29) is 59.2 Å². The molecule has 0 fully saturated rings. The molecule has 0 saturated carbocycles. The molecular weight excluding hydrogens is 513 g/mol. The summed E-state index contributed by atoms with van der Waals surface area (Å²) in [4.78, 5) is 46.7. The molecule has 0 saturated heterocycles. The number of aliphatic hydroxyl groups is 1. The normalized spacial score (nSPS) is 12.3. The van der Waals surface area contributed by atoms with Gasteiger partial charge in [0.05, 0.1) is 34.7 Å². The highest BCUT2D eigenvalue weighted by atomic mass is 35.5. The summed E-state index contributed by atoms with van der Waals surface area (Å²) in [6.45, 7) is 7.85. The van der Waals surface area contributed by atoms with Crippen LogP contribution in [0.3, 0.4) is 0 Å². The summed E-state index contributed by atoms with van der Waals surface area (Å²) in [7, 11) is 0. The molecule has 3 rings (SSSR count). The molecule has 3 aromatic heterocycles. The van der Waals surface area contributed by atoms with Crippen LogP contribution in [0.15, 0.2) is 18.7 Å². The van der Waals surface area contributed by atoms with Crippen molar-refractivity contribution in [2.75, 3.05) is 23.8 Å². The van der Waals surface area contributed by atoms with Crippen LogP contribution < -0.4 is 10.6 Å². The third-order valence-corrected chi connectivity index (χ3v) is 6.66. The van der Waals surface area contributed by atoms with Gasteiger partial charge in [0.15, 0.2) is 5.78 Å². The minimum atomic E-state index is -0.409. The van der Waals surface area contributed by atoms with E-state index in [2.05, 4.69) is 35.6 Å². The predicted octanol–water partition coefficient (Wildman–Crippen LogP) is 4.36. The zero-order valence-electron chi connectivity index (χ0n) is 19.6. The lowest BCUT2D eigenvalue weighted by molar-refractivity contribution is 0.0969. The molecule has 0 aliphatic heterocycles. The number of carbonyl (C=O) groups is 2. The number of nitrogens with one attached hydrogen (secondary N) is 2. The Bertz CT molecular complexity index is 1230. The number of Topliss-reactive ketones (excluding diaryl/α,β-unsaturated/α-hetero) is 1. The fourth-order valence-corrected chi connectivity index (χ4v) is 4.57. The first-order valence-electron chi connectivity index (χ1n) is 10.7. The smallest absolute Gasteiger partial charge is 0.269 e. The van der Waals surface area contributed by atoms with Gasteiger partial charge in [0, 0.05) is 24.3 Å². The van der Waals surface area contributed by atoms with Crippen molar-refractivity contribution in [2.24, 2.45) is 0 Å². The monoisotopic (exact) mass is 537 g/mol. The molecule has 1 unspecified atom stereocenters. The Morgan fingerprint density at radius 3 is 2.57 bits per heavy atom. The van der Waals surface area contributed by atoms with Gasteiger partial charge >= 0.3 is 0 Å². The summed E-state index contributed by atoms with van der Waals surface area (Å²) < 4.78 is 0. The first kappa shape index (κ1) is 26.9. The lowest BCUT2D eigenvalue weighted by Crippen LogP contribution is -2.18. The van der Waals surface area contributed by atoms with Crippen molar-refractivity contribution in [1.82, 2.24) is 24.9 Å². The number of aromatic nitrogens is 5. The van der Waals surface area contributed by atoms with Crippen molar-refractivity contribution >= 4 is 58.0 Å². The minimum absolute atomic E-state index is 0.0815. The molecule has 0 radical (unpaired) electrons. The maximum Gasteiger partial charge on any atom is 0.269 e. The molecule has 3 N–H and O–H groups in total. The van der Waals surface area contributed by atoms with Gasteiger partial charge in [-0.05, 0) is 0 Å². The van der Waals surface area contributed by atoms with Crippen LogP contribution >= 0.6 is 34.5 Å². The van der Waals surface area contributed by atoms with Gasteiger partial charge in [-0.1, -0.05) is 50.9 Å². The molecule has 1 amide bonds. The average Bonchev–Trinajstić information content (AvgIpc) is 3.29. The van der Waals surface area contributed by atoms with Crippen molar-refractivity contribution < 1.29 is 14.7 Å². The Kier molecular flexibility index (Phi) is 8.70. The highest BCUT2D eigenvalue weighted by Crippen LogP contribution is 2.30. The number of rotatable bonds is 9. The van der Waals surface area contributed by atoms with Crippen LogP contribution in [-0.2, 0) is 5.41 Å². The van der Waals surface area contributed by atoms with Gasteiger partial charge in [0.25, 0.3) is 5.91 Å². The molecular formula is C22H25Cl2N7O3S. The lowest BCUT2D eigenvalue weighted by Gasteiger charge is -2.19. The van der Waals surface area contributed by atoms with Crippen molar-refractivity contribution in [3.05, 3.63) is 50.0 Å². The molecule has 3 heterocycles. The van der Waals surface area contributed by atoms with Crippen LogP contribution in [0.2, 0.25) is 10.0 Å². The van der Waals surface area contributed by atoms with Gasteiger partial charge < -0.3 is 10.4 Å². The molecule has 13 heteroatoms. The summed E-state index contributed by atoms with van der Waals surface area (Å²) in [5.74, 6) is -0.561. The number of aliphatic hydroxyl groups excluding tert-OH is 1. The Hall–Kier alpha value is -2.73. The first-order valence-corrected chi connectivity index (χ1v) is 12.3. The predicted molar refractivity (Wildman–Crippen MR) is 136 cm³/mol.